The van der Waals surface area contributed by atoms with Crippen LogP contribution in [0.2, 0.25) is 0 Å². The largest absolute Gasteiger partial charge is 0.395 e. The molecule has 4 heteroatoms. The lowest BCUT2D eigenvalue weighted by Gasteiger charge is -2.16. The van der Waals surface area contributed by atoms with Gasteiger partial charge in [-0.25, -0.2) is 0 Å². The van der Waals surface area contributed by atoms with Crippen LogP contribution in [0, 0.1) is 13.8 Å². The number of aryl methyl sites for hydroxylation is 2. The molecule has 0 aliphatic rings. The van der Waals surface area contributed by atoms with Crippen LogP contribution in [-0.4, -0.2) is 27.5 Å². The highest BCUT2D eigenvalue weighted by Gasteiger charge is 2.12. The highest BCUT2D eigenvalue weighted by atomic mass is 16.3. The summed E-state index contributed by atoms with van der Waals surface area (Å²) in [6, 6.07) is 10.3. The first-order valence-electron chi connectivity index (χ1n) is 6.99. The molecule has 0 saturated heterocycles. The van der Waals surface area contributed by atoms with Crippen molar-refractivity contribution in [2.75, 3.05) is 6.61 Å². The van der Waals surface area contributed by atoms with E-state index < -0.39 is 0 Å². The number of hydrogen-bond acceptors (Lipinski definition) is 3. The van der Waals surface area contributed by atoms with E-state index in [-0.39, 0.29) is 12.6 Å². The van der Waals surface area contributed by atoms with Gasteiger partial charge in [-0.1, -0.05) is 30.3 Å². The van der Waals surface area contributed by atoms with Crippen LogP contribution in [-0.2, 0) is 20.0 Å². The molecule has 0 aliphatic heterocycles. The molecule has 0 radical (unpaired) electrons. The van der Waals surface area contributed by atoms with Gasteiger partial charge in [0.25, 0.3) is 0 Å². The maximum atomic E-state index is 9.53. The molecule has 20 heavy (non-hydrogen) atoms. The predicted octanol–water partition coefficient (Wildman–Crippen LogP) is 1.73. The van der Waals surface area contributed by atoms with Crippen molar-refractivity contribution < 1.29 is 5.11 Å². The minimum absolute atomic E-state index is 0.0661. The zero-order chi connectivity index (χ0) is 14.5. The normalized spacial score (nSPS) is 12.6. The highest BCUT2D eigenvalue weighted by Crippen LogP contribution is 2.12. The van der Waals surface area contributed by atoms with E-state index in [1.165, 1.54) is 16.8 Å². The topological polar surface area (TPSA) is 50.1 Å². The van der Waals surface area contributed by atoms with Crippen molar-refractivity contribution in [1.82, 2.24) is 15.1 Å². The second-order valence-electron chi connectivity index (χ2n) is 5.22. The Bertz CT molecular complexity index is 548. The monoisotopic (exact) mass is 273 g/mol. The average molecular weight is 273 g/mol. The lowest BCUT2D eigenvalue weighted by atomic mass is 10.1. The van der Waals surface area contributed by atoms with Gasteiger partial charge in [0.1, 0.15) is 0 Å². The first kappa shape index (κ1) is 14.8. The van der Waals surface area contributed by atoms with Crippen molar-refractivity contribution in [3.8, 4) is 0 Å². The molecule has 0 saturated carbocycles. The molecule has 0 aliphatic carbocycles. The van der Waals surface area contributed by atoms with E-state index in [0.717, 1.165) is 18.7 Å². The van der Waals surface area contributed by atoms with Crippen LogP contribution < -0.4 is 5.32 Å². The van der Waals surface area contributed by atoms with Crippen molar-refractivity contribution in [2.24, 2.45) is 7.05 Å². The third kappa shape index (κ3) is 3.46. The molecule has 1 atom stereocenters. The maximum Gasteiger partial charge on any atom is 0.0641 e. The average Bonchev–Trinajstić information content (AvgIpc) is 2.70. The second-order valence-corrected chi connectivity index (χ2v) is 5.22. The number of aliphatic hydroxyl groups excluding tert-OH is 1. The lowest BCUT2D eigenvalue weighted by molar-refractivity contribution is 0.240. The molecule has 1 aromatic heterocycles. The Morgan fingerprint density at radius 2 is 1.95 bits per heavy atom. The SMILES string of the molecule is Cc1nn(C)c(C)c1CNC(CO)Cc1ccccc1. The molecule has 0 fully saturated rings. The number of aromatic nitrogens is 2. The fourth-order valence-corrected chi connectivity index (χ4v) is 2.42. The highest BCUT2D eigenvalue weighted by molar-refractivity contribution is 5.24. The fourth-order valence-electron chi connectivity index (χ4n) is 2.42. The molecule has 2 N–H and O–H groups in total. The van der Waals surface area contributed by atoms with Gasteiger partial charge in [-0.15, -0.1) is 0 Å². The van der Waals surface area contributed by atoms with Gasteiger partial charge in [0, 0.05) is 30.9 Å². The van der Waals surface area contributed by atoms with Crippen LogP contribution in [0.3, 0.4) is 0 Å². The summed E-state index contributed by atoms with van der Waals surface area (Å²) in [6.45, 7) is 4.97. The summed E-state index contributed by atoms with van der Waals surface area (Å²) in [4.78, 5) is 0. The van der Waals surface area contributed by atoms with Crippen LogP contribution >= 0.6 is 0 Å². The van der Waals surface area contributed by atoms with Crippen LogP contribution in [0.1, 0.15) is 22.5 Å². The van der Waals surface area contributed by atoms with Crippen LogP contribution in [0.15, 0.2) is 30.3 Å². The Morgan fingerprint density at radius 3 is 2.50 bits per heavy atom. The molecule has 1 heterocycles. The summed E-state index contributed by atoms with van der Waals surface area (Å²) < 4.78 is 1.90. The van der Waals surface area contributed by atoms with Gasteiger partial charge in [0.05, 0.1) is 12.3 Å². The standard InChI is InChI=1S/C16H23N3O/c1-12-16(13(2)19(3)18-12)10-17-15(11-20)9-14-7-5-4-6-8-14/h4-8,15,17,20H,9-11H2,1-3H3. The van der Waals surface area contributed by atoms with Gasteiger partial charge < -0.3 is 10.4 Å². The predicted molar refractivity (Wildman–Crippen MR) is 80.5 cm³/mol. The molecule has 2 rings (SSSR count). The molecule has 0 spiro atoms. The Labute approximate surface area is 120 Å². The molecular weight excluding hydrogens is 250 g/mol. The number of nitrogens with zero attached hydrogens (tertiary/aromatic N) is 2. The van der Waals surface area contributed by atoms with Gasteiger partial charge in [0.2, 0.25) is 0 Å². The zero-order valence-electron chi connectivity index (χ0n) is 12.4. The molecule has 1 aromatic carbocycles. The first-order valence-corrected chi connectivity index (χ1v) is 6.99. The third-order valence-corrected chi connectivity index (χ3v) is 3.77. The summed E-state index contributed by atoms with van der Waals surface area (Å²) in [7, 11) is 1.96. The lowest BCUT2D eigenvalue weighted by Crippen LogP contribution is -2.34. The summed E-state index contributed by atoms with van der Waals surface area (Å²) >= 11 is 0. The number of aliphatic hydroxyl groups is 1. The van der Waals surface area contributed by atoms with Crippen molar-refractivity contribution in [3.63, 3.8) is 0 Å². The van der Waals surface area contributed by atoms with Crippen LogP contribution in [0.4, 0.5) is 0 Å². The molecule has 2 aromatic rings. The Hall–Kier alpha value is -1.65. The van der Waals surface area contributed by atoms with Crippen LogP contribution in [0.5, 0.6) is 0 Å². The Kier molecular flexibility index (Phi) is 4.93. The number of rotatable bonds is 6. The van der Waals surface area contributed by atoms with E-state index in [0.29, 0.717) is 0 Å². The van der Waals surface area contributed by atoms with Crippen molar-refractivity contribution in [1.29, 1.82) is 0 Å². The molecule has 108 valence electrons. The minimum atomic E-state index is 0.0661. The number of benzene rings is 1. The summed E-state index contributed by atoms with van der Waals surface area (Å²) in [5.41, 5.74) is 4.68. The van der Waals surface area contributed by atoms with Crippen molar-refractivity contribution in [2.45, 2.75) is 32.9 Å². The van der Waals surface area contributed by atoms with Gasteiger partial charge in [-0.2, -0.15) is 5.10 Å². The molecular formula is C16H23N3O. The van der Waals surface area contributed by atoms with Gasteiger partial charge in [0.15, 0.2) is 0 Å². The summed E-state index contributed by atoms with van der Waals surface area (Å²) in [5, 5.41) is 17.4. The van der Waals surface area contributed by atoms with E-state index in [2.05, 4.69) is 29.5 Å². The molecule has 1 unspecified atom stereocenters. The first-order chi connectivity index (χ1) is 9.61. The minimum Gasteiger partial charge on any atom is -0.395 e. The quantitative estimate of drug-likeness (QED) is 0.843. The second kappa shape index (κ2) is 6.68. The van der Waals surface area contributed by atoms with E-state index >= 15 is 0 Å². The third-order valence-electron chi connectivity index (χ3n) is 3.77. The van der Waals surface area contributed by atoms with E-state index in [9.17, 15) is 5.11 Å². The maximum absolute atomic E-state index is 9.53. The van der Waals surface area contributed by atoms with E-state index in [4.69, 9.17) is 0 Å². The van der Waals surface area contributed by atoms with E-state index in [1.807, 2.05) is 36.9 Å². The molecule has 4 nitrogen and oxygen atoms in total. The van der Waals surface area contributed by atoms with Crippen molar-refractivity contribution >= 4 is 0 Å². The Morgan fingerprint density at radius 1 is 1.25 bits per heavy atom. The van der Waals surface area contributed by atoms with E-state index in [1.54, 1.807) is 0 Å². The Balaban J connectivity index is 1.97. The van der Waals surface area contributed by atoms with Crippen molar-refractivity contribution in [3.05, 3.63) is 52.8 Å². The number of nitrogens with one attached hydrogen (secondary N) is 1. The number of hydrogen-bond donors (Lipinski definition) is 2. The zero-order valence-corrected chi connectivity index (χ0v) is 12.4. The van der Waals surface area contributed by atoms with Gasteiger partial charge in [-0.05, 0) is 25.8 Å². The fraction of sp³-hybridized carbons (Fsp3) is 0.438. The molecule has 0 amide bonds. The van der Waals surface area contributed by atoms with Gasteiger partial charge in [-0.3, -0.25) is 4.68 Å². The van der Waals surface area contributed by atoms with Crippen LogP contribution in [0.25, 0.3) is 0 Å². The summed E-state index contributed by atoms with van der Waals surface area (Å²) in [5.74, 6) is 0. The smallest absolute Gasteiger partial charge is 0.0641 e. The summed E-state index contributed by atoms with van der Waals surface area (Å²) in [6.07, 6.45) is 0.829. The molecule has 0 bridgehead atoms. The van der Waals surface area contributed by atoms with Gasteiger partial charge >= 0.3 is 0 Å².